The molecule has 4 rings (SSSR count). The topological polar surface area (TPSA) is 86.3 Å². The third kappa shape index (κ3) is 7.32. The average Bonchev–Trinajstić information content (AvgIpc) is 3.41. The number of nitrogens with zero attached hydrogens (tertiary/aromatic N) is 1. The number of hydrogen-bond donors (Lipinski definition) is 1. The van der Waals surface area contributed by atoms with Crippen LogP contribution in [0.5, 0.6) is 17.2 Å². The highest BCUT2D eigenvalue weighted by molar-refractivity contribution is 6.30. The minimum atomic E-state index is -4.67. The molecule has 1 atom stereocenters. The van der Waals surface area contributed by atoms with Crippen LogP contribution in [0.15, 0.2) is 54.6 Å². The van der Waals surface area contributed by atoms with Crippen molar-refractivity contribution in [2.45, 2.75) is 38.9 Å². The SMILES string of the molecule is COC(=O)C(C)(C)CCOc1cc(NC(C(=O)N2CCc3cc(OC)c(C(F)(F)F)cc32)c2ccc(Cl)cc2)cc(OC)c1. The highest BCUT2D eigenvalue weighted by Gasteiger charge is 2.39. The molecule has 1 heterocycles. The van der Waals surface area contributed by atoms with Crippen molar-refractivity contribution in [3.8, 4) is 17.2 Å². The second-order valence-corrected chi connectivity index (χ2v) is 11.4. The van der Waals surface area contributed by atoms with Gasteiger partial charge in [-0.15, -0.1) is 0 Å². The van der Waals surface area contributed by atoms with Crippen molar-refractivity contribution in [1.82, 2.24) is 0 Å². The number of rotatable bonds is 11. The van der Waals surface area contributed by atoms with Gasteiger partial charge < -0.3 is 29.2 Å². The fraction of sp³-hybridized carbons (Fsp3) is 0.375. The van der Waals surface area contributed by atoms with Crippen LogP contribution in [0, 0.1) is 5.41 Å². The highest BCUT2D eigenvalue weighted by Crippen LogP contribution is 2.43. The zero-order valence-electron chi connectivity index (χ0n) is 25.0. The summed E-state index contributed by atoms with van der Waals surface area (Å²) in [6.45, 7) is 3.90. The number of carbonyl (C=O) groups excluding carboxylic acids is 2. The third-order valence-electron chi connectivity index (χ3n) is 7.48. The van der Waals surface area contributed by atoms with E-state index in [0.717, 1.165) is 6.07 Å². The van der Waals surface area contributed by atoms with Crippen LogP contribution in [0.4, 0.5) is 24.5 Å². The number of benzene rings is 3. The van der Waals surface area contributed by atoms with Crippen molar-refractivity contribution in [3.05, 3.63) is 76.3 Å². The van der Waals surface area contributed by atoms with E-state index in [2.05, 4.69) is 5.32 Å². The second-order valence-electron chi connectivity index (χ2n) is 10.9. The van der Waals surface area contributed by atoms with E-state index in [-0.39, 0.29) is 30.6 Å². The van der Waals surface area contributed by atoms with E-state index >= 15 is 0 Å². The monoisotopic (exact) mass is 634 g/mol. The van der Waals surface area contributed by atoms with Crippen molar-refractivity contribution in [2.24, 2.45) is 5.41 Å². The molecule has 12 heteroatoms. The Morgan fingerprint density at radius 3 is 2.27 bits per heavy atom. The van der Waals surface area contributed by atoms with E-state index < -0.39 is 29.1 Å². The van der Waals surface area contributed by atoms with Gasteiger partial charge in [0, 0.05) is 41.1 Å². The number of fused-ring (bicyclic) bond motifs is 1. The lowest BCUT2D eigenvalue weighted by Crippen LogP contribution is -2.37. The van der Waals surface area contributed by atoms with Crippen LogP contribution < -0.4 is 24.4 Å². The molecule has 0 bridgehead atoms. The molecule has 236 valence electrons. The van der Waals surface area contributed by atoms with Gasteiger partial charge in [-0.2, -0.15) is 13.2 Å². The predicted molar refractivity (Wildman–Crippen MR) is 161 cm³/mol. The Balaban J connectivity index is 1.66. The standard InChI is InChI=1S/C32H34ClF3N2O6/c1-31(2,30(40)43-5)11-13-44-24-16-22(15-23(17-24)41-3)37-28(19-6-8-21(33)9-7-19)29(39)38-12-10-20-14-27(42-4)25(18-26(20)38)32(34,35)36/h6-9,14-18,28,37H,10-13H2,1-5H3. The van der Waals surface area contributed by atoms with Gasteiger partial charge in [0.2, 0.25) is 0 Å². The van der Waals surface area contributed by atoms with E-state index in [4.69, 9.17) is 30.5 Å². The lowest BCUT2D eigenvalue weighted by Gasteiger charge is -2.27. The molecule has 8 nitrogen and oxygen atoms in total. The highest BCUT2D eigenvalue weighted by atomic mass is 35.5. The molecule has 0 spiro atoms. The van der Waals surface area contributed by atoms with Gasteiger partial charge in [0.25, 0.3) is 5.91 Å². The molecule has 0 radical (unpaired) electrons. The van der Waals surface area contributed by atoms with Gasteiger partial charge in [-0.05, 0) is 62.1 Å². The van der Waals surface area contributed by atoms with E-state index in [0.29, 0.717) is 46.2 Å². The summed E-state index contributed by atoms with van der Waals surface area (Å²) in [4.78, 5) is 27.5. The first kappa shape index (κ1) is 32.8. The van der Waals surface area contributed by atoms with E-state index in [1.54, 1.807) is 56.3 Å². The van der Waals surface area contributed by atoms with Crippen LogP contribution >= 0.6 is 11.6 Å². The molecule has 1 aliphatic rings. The molecular formula is C32H34ClF3N2O6. The van der Waals surface area contributed by atoms with Crippen molar-refractivity contribution in [2.75, 3.05) is 44.7 Å². The third-order valence-corrected chi connectivity index (χ3v) is 7.73. The molecule has 3 aromatic carbocycles. The van der Waals surface area contributed by atoms with Gasteiger partial charge in [0.1, 0.15) is 23.3 Å². The molecule has 0 saturated heterocycles. The number of nitrogens with one attached hydrogen (secondary N) is 1. The molecule has 0 aromatic heterocycles. The lowest BCUT2D eigenvalue weighted by atomic mass is 9.90. The zero-order chi connectivity index (χ0) is 32.2. The van der Waals surface area contributed by atoms with Gasteiger partial charge in [-0.25, -0.2) is 0 Å². The maximum atomic E-state index is 14.1. The Morgan fingerprint density at radius 2 is 1.66 bits per heavy atom. The molecule has 3 aromatic rings. The normalized spacial score (nSPS) is 13.6. The molecular weight excluding hydrogens is 601 g/mol. The van der Waals surface area contributed by atoms with Gasteiger partial charge in [0.15, 0.2) is 0 Å². The number of alkyl halides is 3. The van der Waals surface area contributed by atoms with E-state index in [1.165, 1.54) is 32.3 Å². The fourth-order valence-electron chi connectivity index (χ4n) is 4.96. The average molecular weight is 635 g/mol. The first-order valence-electron chi connectivity index (χ1n) is 13.8. The van der Waals surface area contributed by atoms with Crippen LogP contribution in [0.25, 0.3) is 0 Å². The smallest absolute Gasteiger partial charge is 0.420 e. The Kier molecular flexibility index (Phi) is 9.88. The van der Waals surface area contributed by atoms with Crippen molar-refractivity contribution >= 4 is 34.9 Å². The van der Waals surface area contributed by atoms with Crippen LogP contribution in [0.2, 0.25) is 5.02 Å². The molecule has 1 amide bonds. The number of carbonyl (C=O) groups is 2. The maximum absolute atomic E-state index is 14.1. The minimum absolute atomic E-state index is 0.173. The largest absolute Gasteiger partial charge is 0.497 e. The molecule has 0 saturated carbocycles. The summed E-state index contributed by atoms with van der Waals surface area (Å²) in [6.07, 6.45) is -3.93. The first-order chi connectivity index (χ1) is 20.8. The maximum Gasteiger partial charge on any atom is 0.420 e. The predicted octanol–water partition coefficient (Wildman–Crippen LogP) is 7.09. The van der Waals surface area contributed by atoms with Crippen molar-refractivity contribution in [3.63, 3.8) is 0 Å². The Bertz CT molecular complexity index is 1510. The lowest BCUT2D eigenvalue weighted by molar-refractivity contribution is -0.151. The number of anilines is 2. The van der Waals surface area contributed by atoms with Crippen LogP contribution in [0.1, 0.15) is 43.0 Å². The van der Waals surface area contributed by atoms with Crippen LogP contribution in [-0.2, 0) is 26.9 Å². The Labute approximate surface area is 259 Å². The Morgan fingerprint density at radius 1 is 0.977 bits per heavy atom. The van der Waals surface area contributed by atoms with Gasteiger partial charge in [-0.1, -0.05) is 23.7 Å². The summed E-state index contributed by atoms with van der Waals surface area (Å²) >= 11 is 6.11. The zero-order valence-corrected chi connectivity index (χ0v) is 25.8. The molecule has 44 heavy (non-hydrogen) atoms. The number of ether oxygens (including phenoxy) is 4. The first-order valence-corrected chi connectivity index (χ1v) is 14.2. The molecule has 0 aliphatic carbocycles. The van der Waals surface area contributed by atoms with E-state index in [1.807, 2.05) is 0 Å². The number of esters is 1. The van der Waals surface area contributed by atoms with Gasteiger partial charge in [-0.3, -0.25) is 9.59 Å². The second kappa shape index (κ2) is 13.3. The fourth-order valence-corrected chi connectivity index (χ4v) is 5.08. The van der Waals surface area contributed by atoms with Crippen LogP contribution in [0.3, 0.4) is 0 Å². The summed E-state index contributed by atoms with van der Waals surface area (Å²) in [5.74, 6) is -0.259. The number of hydrogen-bond acceptors (Lipinski definition) is 7. The summed E-state index contributed by atoms with van der Waals surface area (Å²) in [7, 11) is 4.00. The number of methoxy groups -OCH3 is 3. The molecule has 0 fully saturated rings. The molecule has 1 N–H and O–H groups in total. The van der Waals surface area contributed by atoms with Crippen molar-refractivity contribution < 1.29 is 41.7 Å². The Hall–Kier alpha value is -4.12. The molecule has 1 unspecified atom stereocenters. The quantitative estimate of drug-likeness (QED) is 0.226. The van der Waals surface area contributed by atoms with Crippen LogP contribution in [-0.4, -0.2) is 46.4 Å². The molecule has 1 aliphatic heterocycles. The summed E-state index contributed by atoms with van der Waals surface area (Å²) in [5.41, 5.74) is 0.0340. The summed E-state index contributed by atoms with van der Waals surface area (Å²) < 4.78 is 62.8. The summed E-state index contributed by atoms with van der Waals surface area (Å²) in [5, 5.41) is 3.68. The van der Waals surface area contributed by atoms with E-state index in [9.17, 15) is 22.8 Å². The summed E-state index contributed by atoms with van der Waals surface area (Å²) in [6, 6.07) is 12.9. The minimum Gasteiger partial charge on any atom is -0.497 e. The van der Waals surface area contributed by atoms with Crippen molar-refractivity contribution in [1.29, 1.82) is 0 Å². The van der Waals surface area contributed by atoms with Gasteiger partial charge >= 0.3 is 12.1 Å². The van der Waals surface area contributed by atoms with Gasteiger partial charge in [0.05, 0.1) is 38.9 Å². The number of amides is 1. The number of halogens is 4.